The van der Waals surface area contributed by atoms with E-state index in [4.69, 9.17) is 4.74 Å². The van der Waals surface area contributed by atoms with Crippen molar-refractivity contribution < 1.29 is 4.74 Å². The van der Waals surface area contributed by atoms with Crippen LogP contribution in [0.15, 0.2) is 18.2 Å². The second-order valence-electron chi connectivity index (χ2n) is 5.02. The van der Waals surface area contributed by atoms with Crippen molar-refractivity contribution in [3.05, 3.63) is 29.3 Å². The SMILES string of the molecule is COc1ccc2c(c1)CCC1SCC(C)NC21. The Labute approximate surface area is 107 Å². The molecule has 0 spiro atoms. The summed E-state index contributed by atoms with van der Waals surface area (Å²) in [5.41, 5.74) is 2.95. The normalized spacial score (nSPS) is 31.5. The van der Waals surface area contributed by atoms with Crippen molar-refractivity contribution in [3.63, 3.8) is 0 Å². The number of aryl methyl sites for hydroxylation is 1. The van der Waals surface area contributed by atoms with Gasteiger partial charge in [0.2, 0.25) is 0 Å². The van der Waals surface area contributed by atoms with Crippen molar-refractivity contribution >= 4 is 11.8 Å². The van der Waals surface area contributed by atoms with E-state index in [0.29, 0.717) is 12.1 Å². The Bertz CT molecular complexity index is 421. The Balaban J connectivity index is 1.94. The quantitative estimate of drug-likeness (QED) is 0.827. The van der Waals surface area contributed by atoms with E-state index in [0.717, 1.165) is 11.0 Å². The first-order chi connectivity index (χ1) is 8.28. The zero-order valence-electron chi connectivity index (χ0n) is 10.4. The van der Waals surface area contributed by atoms with Crippen molar-refractivity contribution in [1.82, 2.24) is 5.32 Å². The van der Waals surface area contributed by atoms with Crippen LogP contribution < -0.4 is 10.1 Å². The van der Waals surface area contributed by atoms with Crippen molar-refractivity contribution in [2.45, 2.75) is 37.1 Å². The molecule has 1 fully saturated rings. The molecule has 1 aliphatic carbocycles. The van der Waals surface area contributed by atoms with Crippen LogP contribution in [0, 0.1) is 0 Å². The van der Waals surface area contributed by atoms with Crippen LogP contribution in [0.5, 0.6) is 5.75 Å². The summed E-state index contributed by atoms with van der Waals surface area (Å²) >= 11 is 2.14. The van der Waals surface area contributed by atoms with Crippen LogP contribution in [0.2, 0.25) is 0 Å². The smallest absolute Gasteiger partial charge is 0.119 e. The van der Waals surface area contributed by atoms with Crippen LogP contribution in [-0.2, 0) is 6.42 Å². The van der Waals surface area contributed by atoms with E-state index in [2.05, 4.69) is 42.2 Å². The molecule has 2 aliphatic rings. The molecule has 0 amide bonds. The van der Waals surface area contributed by atoms with Crippen molar-refractivity contribution in [1.29, 1.82) is 0 Å². The third-order valence-electron chi connectivity index (χ3n) is 3.78. The summed E-state index contributed by atoms with van der Waals surface area (Å²) in [6.07, 6.45) is 2.48. The Morgan fingerprint density at radius 3 is 3.12 bits per heavy atom. The monoisotopic (exact) mass is 249 g/mol. The minimum atomic E-state index is 0.540. The highest BCUT2D eigenvalue weighted by atomic mass is 32.2. The van der Waals surface area contributed by atoms with Gasteiger partial charge in [-0.15, -0.1) is 0 Å². The highest BCUT2D eigenvalue weighted by Crippen LogP contribution is 2.41. The fraction of sp³-hybridized carbons (Fsp3) is 0.571. The first-order valence-electron chi connectivity index (χ1n) is 6.32. The number of methoxy groups -OCH3 is 1. The van der Waals surface area contributed by atoms with Crippen LogP contribution in [0.4, 0.5) is 0 Å². The van der Waals surface area contributed by atoms with Gasteiger partial charge >= 0.3 is 0 Å². The Hall–Kier alpha value is -0.670. The molecule has 1 saturated heterocycles. The van der Waals surface area contributed by atoms with Gasteiger partial charge in [0.15, 0.2) is 0 Å². The number of ether oxygens (including phenoxy) is 1. The Morgan fingerprint density at radius 2 is 2.29 bits per heavy atom. The van der Waals surface area contributed by atoms with Gasteiger partial charge in [-0.1, -0.05) is 6.07 Å². The Morgan fingerprint density at radius 1 is 1.41 bits per heavy atom. The molecule has 3 unspecified atom stereocenters. The number of benzene rings is 1. The largest absolute Gasteiger partial charge is 0.497 e. The molecule has 1 N–H and O–H groups in total. The van der Waals surface area contributed by atoms with E-state index in [1.54, 1.807) is 7.11 Å². The van der Waals surface area contributed by atoms with Crippen molar-refractivity contribution in [2.24, 2.45) is 0 Å². The van der Waals surface area contributed by atoms with Gasteiger partial charge in [-0.2, -0.15) is 11.8 Å². The van der Waals surface area contributed by atoms with Gasteiger partial charge in [0, 0.05) is 23.1 Å². The minimum absolute atomic E-state index is 0.540. The van der Waals surface area contributed by atoms with Gasteiger partial charge in [0.05, 0.1) is 7.11 Å². The maximum Gasteiger partial charge on any atom is 0.119 e. The van der Waals surface area contributed by atoms with E-state index in [1.807, 2.05) is 0 Å². The first kappa shape index (κ1) is 11.4. The highest BCUT2D eigenvalue weighted by molar-refractivity contribution is 8.00. The predicted molar refractivity (Wildman–Crippen MR) is 72.9 cm³/mol. The molecular weight excluding hydrogens is 230 g/mol. The molecule has 3 atom stereocenters. The summed E-state index contributed by atoms with van der Waals surface area (Å²) in [5, 5.41) is 4.51. The lowest BCUT2D eigenvalue weighted by Gasteiger charge is -2.40. The van der Waals surface area contributed by atoms with E-state index < -0.39 is 0 Å². The molecule has 2 nitrogen and oxygen atoms in total. The van der Waals surface area contributed by atoms with Gasteiger partial charge in [-0.25, -0.2) is 0 Å². The predicted octanol–water partition coefficient (Wildman–Crippen LogP) is 2.78. The van der Waals surface area contributed by atoms with Gasteiger partial charge in [0.25, 0.3) is 0 Å². The molecule has 1 aromatic carbocycles. The molecule has 3 heteroatoms. The summed E-state index contributed by atoms with van der Waals surface area (Å²) in [4.78, 5) is 0. The van der Waals surface area contributed by atoms with Crippen LogP contribution >= 0.6 is 11.8 Å². The third kappa shape index (κ3) is 2.06. The molecule has 1 heterocycles. The van der Waals surface area contributed by atoms with E-state index in [-0.39, 0.29) is 0 Å². The summed E-state index contributed by atoms with van der Waals surface area (Å²) in [7, 11) is 1.74. The molecule has 1 aromatic rings. The number of hydrogen-bond donors (Lipinski definition) is 1. The zero-order chi connectivity index (χ0) is 11.8. The summed E-state index contributed by atoms with van der Waals surface area (Å²) < 4.78 is 5.31. The third-order valence-corrected chi connectivity index (χ3v) is 5.41. The second kappa shape index (κ2) is 4.54. The molecule has 3 rings (SSSR count). The number of fused-ring (bicyclic) bond motifs is 3. The van der Waals surface area contributed by atoms with E-state index >= 15 is 0 Å². The number of thioether (sulfide) groups is 1. The molecule has 92 valence electrons. The number of rotatable bonds is 1. The molecular formula is C14H19NOS. The lowest BCUT2D eigenvalue weighted by atomic mass is 9.86. The standard InChI is InChI=1S/C14H19NOS/c1-9-8-17-13-6-3-10-7-11(16-2)4-5-12(10)14(13)15-9/h4-5,7,9,13-15H,3,6,8H2,1-2H3. The lowest BCUT2D eigenvalue weighted by Crippen LogP contribution is -2.44. The van der Waals surface area contributed by atoms with Crippen molar-refractivity contribution in [2.75, 3.05) is 12.9 Å². The maximum absolute atomic E-state index is 5.31. The van der Waals surface area contributed by atoms with Gasteiger partial charge in [-0.3, -0.25) is 0 Å². The fourth-order valence-corrected chi connectivity index (χ4v) is 4.23. The molecule has 0 aromatic heterocycles. The molecule has 17 heavy (non-hydrogen) atoms. The maximum atomic E-state index is 5.31. The minimum Gasteiger partial charge on any atom is -0.497 e. The summed E-state index contributed by atoms with van der Waals surface area (Å²) in [5.74, 6) is 2.23. The van der Waals surface area contributed by atoms with Crippen LogP contribution in [0.25, 0.3) is 0 Å². The van der Waals surface area contributed by atoms with Crippen LogP contribution in [0.1, 0.15) is 30.5 Å². The molecule has 0 saturated carbocycles. The van der Waals surface area contributed by atoms with Crippen LogP contribution in [-0.4, -0.2) is 24.2 Å². The average molecular weight is 249 g/mol. The molecule has 1 aliphatic heterocycles. The van der Waals surface area contributed by atoms with E-state index in [1.165, 1.54) is 29.7 Å². The summed E-state index contributed by atoms with van der Waals surface area (Å²) in [6.45, 7) is 2.28. The lowest BCUT2D eigenvalue weighted by molar-refractivity contribution is 0.404. The van der Waals surface area contributed by atoms with Gasteiger partial charge in [0.1, 0.15) is 5.75 Å². The number of nitrogens with one attached hydrogen (secondary N) is 1. The van der Waals surface area contributed by atoms with E-state index in [9.17, 15) is 0 Å². The second-order valence-corrected chi connectivity index (χ2v) is 6.29. The molecule has 0 radical (unpaired) electrons. The highest BCUT2D eigenvalue weighted by Gasteiger charge is 2.34. The van der Waals surface area contributed by atoms with Crippen molar-refractivity contribution in [3.8, 4) is 5.75 Å². The average Bonchev–Trinajstić information content (AvgIpc) is 2.37. The topological polar surface area (TPSA) is 21.3 Å². The zero-order valence-corrected chi connectivity index (χ0v) is 11.2. The molecule has 0 bridgehead atoms. The Kier molecular flexibility index (Phi) is 3.05. The van der Waals surface area contributed by atoms with Gasteiger partial charge in [-0.05, 0) is 43.0 Å². The summed E-state index contributed by atoms with van der Waals surface area (Å²) in [6, 6.07) is 7.70. The fourth-order valence-electron chi connectivity index (χ4n) is 2.89. The number of hydrogen-bond acceptors (Lipinski definition) is 3. The van der Waals surface area contributed by atoms with Gasteiger partial charge < -0.3 is 10.1 Å². The van der Waals surface area contributed by atoms with Crippen LogP contribution in [0.3, 0.4) is 0 Å². The first-order valence-corrected chi connectivity index (χ1v) is 7.37.